The average molecular weight is 228 g/mol. The topological polar surface area (TPSA) is 49.2 Å². The molecular weight excluding hydrogens is 214 g/mol. The second kappa shape index (κ2) is 4.33. The van der Waals surface area contributed by atoms with E-state index < -0.39 is 0 Å². The first-order chi connectivity index (χ1) is 7.15. The van der Waals surface area contributed by atoms with Gasteiger partial charge in [0.2, 0.25) is 5.28 Å². The molecular formula is C10H14ClN3O. The van der Waals surface area contributed by atoms with Gasteiger partial charge in [-0.25, -0.2) is 9.97 Å². The summed E-state index contributed by atoms with van der Waals surface area (Å²) in [7, 11) is 0. The van der Waals surface area contributed by atoms with Crippen molar-refractivity contribution in [1.82, 2.24) is 9.97 Å². The van der Waals surface area contributed by atoms with Gasteiger partial charge in [0, 0.05) is 24.8 Å². The summed E-state index contributed by atoms with van der Waals surface area (Å²) < 4.78 is 0. The largest absolute Gasteiger partial charge is 0.391 e. The number of piperidine rings is 1. The van der Waals surface area contributed by atoms with E-state index in [1.165, 1.54) is 0 Å². The van der Waals surface area contributed by atoms with Gasteiger partial charge >= 0.3 is 0 Å². The minimum atomic E-state index is -0.257. The van der Waals surface area contributed by atoms with Gasteiger partial charge in [0.1, 0.15) is 5.82 Å². The number of nitrogens with zero attached hydrogens (tertiary/aromatic N) is 3. The zero-order chi connectivity index (χ0) is 10.8. The molecule has 1 aromatic heterocycles. The molecule has 0 unspecified atom stereocenters. The molecule has 0 spiro atoms. The van der Waals surface area contributed by atoms with Crippen LogP contribution in [0.15, 0.2) is 6.07 Å². The molecule has 15 heavy (non-hydrogen) atoms. The quantitative estimate of drug-likeness (QED) is 0.737. The Morgan fingerprint density at radius 1 is 1.53 bits per heavy atom. The van der Waals surface area contributed by atoms with Gasteiger partial charge in [-0.15, -0.1) is 0 Å². The first-order valence-electron chi connectivity index (χ1n) is 5.09. The van der Waals surface area contributed by atoms with Crippen LogP contribution in [0, 0.1) is 6.92 Å². The highest BCUT2D eigenvalue weighted by Gasteiger charge is 2.19. The van der Waals surface area contributed by atoms with E-state index in [0.29, 0.717) is 6.54 Å². The van der Waals surface area contributed by atoms with E-state index in [0.717, 1.165) is 30.9 Å². The Morgan fingerprint density at radius 3 is 3.00 bits per heavy atom. The molecule has 1 atom stereocenters. The van der Waals surface area contributed by atoms with Gasteiger partial charge in [-0.3, -0.25) is 0 Å². The van der Waals surface area contributed by atoms with Gasteiger partial charge in [-0.1, -0.05) is 0 Å². The second-order valence-electron chi connectivity index (χ2n) is 3.88. The number of aromatic nitrogens is 2. The standard InChI is InChI=1S/C10H14ClN3O/c1-7-5-9(13-10(11)12-7)14-4-2-3-8(15)6-14/h5,8,15H,2-4,6H2,1H3/t8-/m0/s1. The highest BCUT2D eigenvalue weighted by molar-refractivity contribution is 6.28. The summed E-state index contributed by atoms with van der Waals surface area (Å²) in [4.78, 5) is 10.2. The number of β-amino-alcohol motifs (C(OH)–C–C–N with tert-alkyl or cyclic N) is 1. The zero-order valence-electron chi connectivity index (χ0n) is 8.65. The van der Waals surface area contributed by atoms with Crippen molar-refractivity contribution in [2.24, 2.45) is 0 Å². The van der Waals surface area contributed by atoms with Gasteiger partial charge in [0.15, 0.2) is 0 Å². The van der Waals surface area contributed by atoms with Crippen LogP contribution in [0.25, 0.3) is 0 Å². The SMILES string of the molecule is Cc1cc(N2CCC[C@H](O)C2)nc(Cl)n1. The maximum Gasteiger partial charge on any atom is 0.224 e. The molecule has 0 radical (unpaired) electrons. The Kier molecular flexibility index (Phi) is 3.07. The Bertz CT molecular complexity index is 338. The van der Waals surface area contributed by atoms with Crippen LogP contribution in [0.3, 0.4) is 0 Å². The number of halogens is 1. The van der Waals surface area contributed by atoms with E-state index in [9.17, 15) is 5.11 Å². The smallest absolute Gasteiger partial charge is 0.224 e. The van der Waals surface area contributed by atoms with Gasteiger partial charge in [-0.2, -0.15) is 0 Å². The van der Waals surface area contributed by atoms with E-state index in [1.807, 2.05) is 13.0 Å². The Labute approximate surface area is 93.9 Å². The molecule has 0 saturated carbocycles. The van der Waals surface area contributed by atoms with Gasteiger partial charge in [-0.05, 0) is 31.4 Å². The Balaban J connectivity index is 2.20. The van der Waals surface area contributed by atoms with Crippen LogP contribution in [-0.4, -0.2) is 34.3 Å². The van der Waals surface area contributed by atoms with E-state index in [4.69, 9.17) is 11.6 Å². The minimum absolute atomic E-state index is 0.257. The summed E-state index contributed by atoms with van der Waals surface area (Å²) >= 11 is 5.79. The molecule has 0 bridgehead atoms. The monoisotopic (exact) mass is 227 g/mol. The van der Waals surface area contributed by atoms with E-state index in [-0.39, 0.29) is 11.4 Å². The van der Waals surface area contributed by atoms with Crippen LogP contribution in [0.2, 0.25) is 5.28 Å². The zero-order valence-corrected chi connectivity index (χ0v) is 9.41. The van der Waals surface area contributed by atoms with Crippen LogP contribution in [0.1, 0.15) is 18.5 Å². The first-order valence-corrected chi connectivity index (χ1v) is 5.47. The van der Waals surface area contributed by atoms with Crippen molar-refractivity contribution < 1.29 is 5.11 Å². The summed E-state index contributed by atoms with van der Waals surface area (Å²) in [5, 5.41) is 9.83. The maximum atomic E-state index is 9.56. The minimum Gasteiger partial charge on any atom is -0.391 e. The molecule has 0 aliphatic carbocycles. The van der Waals surface area contributed by atoms with E-state index in [2.05, 4.69) is 14.9 Å². The van der Waals surface area contributed by atoms with Crippen LogP contribution < -0.4 is 4.90 Å². The lowest BCUT2D eigenvalue weighted by Crippen LogP contribution is -2.38. The fraction of sp³-hybridized carbons (Fsp3) is 0.600. The van der Waals surface area contributed by atoms with Gasteiger partial charge < -0.3 is 10.0 Å². The molecule has 2 rings (SSSR count). The Morgan fingerprint density at radius 2 is 2.33 bits per heavy atom. The summed E-state index contributed by atoms with van der Waals surface area (Å²) in [5.74, 6) is 0.811. The number of anilines is 1. The number of hydrogen-bond acceptors (Lipinski definition) is 4. The van der Waals surface area contributed by atoms with Crippen molar-refractivity contribution in [2.75, 3.05) is 18.0 Å². The second-order valence-corrected chi connectivity index (χ2v) is 4.22. The molecule has 4 nitrogen and oxygen atoms in total. The lowest BCUT2D eigenvalue weighted by Gasteiger charge is -2.31. The maximum absolute atomic E-state index is 9.56. The first kappa shape index (κ1) is 10.6. The molecule has 5 heteroatoms. The molecule has 1 aliphatic rings. The lowest BCUT2D eigenvalue weighted by atomic mass is 10.1. The van der Waals surface area contributed by atoms with Crippen molar-refractivity contribution >= 4 is 17.4 Å². The Hall–Kier alpha value is -0.870. The van der Waals surface area contributed by atoms with Gasteiger partial charge in [0.05, 0.1) is 6.10 Å². The number of aliphatic hydroxyl groups is 1. The third-order valence-electron chi connectivity index (χ3n) is 2.53. The summed E-state index contributed by atoms with van der Waals surface area (Å²) in [6.07, 6.45) is 1.60. The number of hydrogen-bond donors (Lipinski definition) is 1. The highest BCUT2D eigenvalue weighted by Crippen LogP contribution is 2.19. The predicted octanol–water partition coefficient (Wildman–Crippen LogP) is 1.40. The van der Waals surface area contributed by atoms with Crippen molar-refractivity contribution in [3.05, 3.63) is 17.0 Å². The third kappa shape index (κ3) is 2.58. The number of aliphatic hydroxyl groups excluding tert-OH is 1. The molecule has 82 valence electrons. The van der Waals surface area contributed by atoms with E-state index >= 15 is 0 Å². The normalized spacial score (nSPS) is 21.8. The van der Waals surface area contributed by atoms with Crippen molar-refractivity contribution in [1.29, 1.82) is 0 Å². The van der Waals surface area contributed by atoms with Crippen molar-refractivity contribution in [2.45, 2.75) is 25.9 Å². The molecule has 1 fully saturated rings. The van der Waals surface area contributed by atoms with Crippen molar-refractivity contribution in [3.63, 3.8) is 0 Å². The summed E-state index contributed by atoms with van der Waals surface area (Å²) in [6, 6.07) is 1.89. The molecule has 1 N–H and O–H groups in total. The van der Waals surface area contributed by atoms with Crippen LogP contribution in [-0.2, 0) is 0 Å². The van der Waals surface area contributed by atoms with E-state index in [1.54, 1.807) is 0 Å². The lowest BCUT2D eigenvalue weighted by molar-refractivity contribution is 0.154. The fourth-order valence-corrected chi connectivity index (χ4v) is 2.06. The molecule has 0 amide bonds. The summed E-state index contributed by atoms with van der Waals surface area (Å²) in [6.45, 7) is 3.44. The highest BCUT2D eigenvalue weighted by atomic mass is 35.5. The summed E-state index contributed by atoms with van der Waals surface area (Å²) in [5.41, 5.74) is 0.852. The fourth-order valence-electron chi connectivity index (χ4n) is 1.84. The van der Waals surface area contributed by atoms with Crippen LogP contribution >= 0.6 is 11.6 Å². The molecule has 1 aliphatic heterocycles. The van der Waals surface area contributed by atoms with Gasteiger partial charge in [0.25, 0.3) is 0 Å². The van der Waals surface area contributed by atoms with Crippen LogP contribution in [0.4, 0.5) is 5.82 Å². The number of aryl methyl sites for hydroxylation is 1. The third-order valence-corrected chi connectivity index (χ3v) is 2.70. The molecule has 2 heterocycles. The van der Waals surface area contributed by atoms with Crippen LogP contribution in [0.5, 0.6) is 0 Å². The molecule has 1 aromatic rings. The number of rotatable bonds is 1. The average Bonchev–Trinajstić information content (AvgIpc) is 2.16. The molecule has 1 saturated heterocycles. The predicted molar refractivity (Wildman–Crippen MR) is 59.2 cm³/mol. The molecule has 0 aromatic carbocycles. The van der Waals surface area contributed by atoms with Crippen molar-refractivity contribution in [3.8, 4) is 0 Å².